The van der Waals surface area contributed by atoms with Crippen molar-refractivity contribution in [3.05, 3.63) is 70.9 Å². The Hall–Kier alpha value is -3.26. The Labute approximate surface area is 191 Å². The number of carbonyl (C=O) groups excluding carboxylic acids is 1. The minimum atomic E-state index is 0.150. The molecule has 7 nitrogen and oxygen atoms in total. The lowest BCUT2D eigenvalue weighted by atomic mass is 9.93. The fourth-order valence-electron chi connectivity index (χ4n) is 4.46. The molecule has 4 aromatic heterocycles. The second-order valence-electron chi connectivity index (χ2n) is 8.31. The Balaban J connectivity index is 1.32. The van der Waals surface area contributed by atoms with Gasteiger partial charge in [-0.3, -0.25) is 9.78 Å². The van der Waals surface area contributed by atoms with Gasteiger partial charge in [0.2, 0.25) is 5.91 Å². The lowest BCUT2D eigenvalue weighted by molar-refractivity contribution is -0.131. The minimum Gasteiger partial charge on any atom is -0.342 e. The van der Waals surface area contributed by atoms with Crippen molar-refractivity contribution in [2.24, 2.45) is 0 Å². The van der Waals surface area contributed by atoms with Gasteiger partial charge in [-0.15, -0.1) is 11.3 Å². The van der Waals surface area contributed by atoms with E-state index in [-0.39, 0.29) is 11.8 Å². The van der Waals surface area contributed by atoms with Crippen molar-refractivity contribution in [1.29, 1.82) is 0 Å². The quantitative estimate of drug-likeness (QED) is 0.489. The van der Waals surface area contributed by atoms with Crippen molar-refractivity contribution in [2.45, 2.75) is 39.0 Å². The first kappa shape index (κ1) is 20.6. The second kappa shape index (κ2) is 8.70. The molecule has 5 rings (SSSR count). The number of aromatic nitrogens is 4. The zero-order valence-corrected chi connectivity index (χ0v) is 19.1. The van der Waals surface area contributed by atoms with Gasteiger partial charge in [-0.05, 0) is 51.0 Å². The van der Waals surface area contributed by atoms with Crippen molar-refractivity contribution in [1.82, 2.24) is 24.3 Å². The summed E-state index contributed by atoms with van der Waals surface area (Å²) < 4.78 is 2.02. The number of rotatable bonds is 5. The summed E-state index contributed by atoms with van der Waals surface area (Å²) in [6, 6.07) is 10.0. The van der Waals surface area contributed by atoms with Gasteiger partial charge in [0.1, 0.15) is 5.65 Å². The van der Waals surface area contributed by atoms with Crippen molar-refractivity contribution in [3.63, 3.8) is 0 Å². The van der Waals surface area contributed by atoms with Crippen LogP contribution in [0.25, 0.3) is 5.65 Å². The van der Waals surface area contributed by atoms with Crippen LogP contribution >= 0.6 is 11.3 Å². The molecular weight excluding hydrogens is 420 g/mol. The molecule has 1 saturated heterocycles. The number of pyridine rings is 2. The molecule has 1 N–H and O–H groups in total. The van der Waals surface area contributed by atoms with Crippen LogP contribution in [0.15, 0.2) is 48.1 Å². The van der Waals surface area contributed by atoms with E-state index in [1.165, 1.54) is 0 Å². The molecule has 8 heteroatoms. The standard InChI is InChI=1S/C24H26N6OS/c1-16-12-19(28-24-25-8-11-32-24)13-20(26-16)18-6-5-9-29(15-18)23(31)14-21-17(2)27-22-7-3-4-10-30(21)22/h3-4,7-8,10-13,18H,5-6,9,14-15H2,1-2H3,(H,25,26,28)/t18-/m0/s1. The Kier molecular flexibility index (Phi) is 5.61. The second-order valence-corrected chi connectivity index (χ2v) is 9.21. The molecule has 4 aromatic rings. The normalized spacial score (nSPS) is 16.4. The van der Waals surface area contributed by atoms with E-state index in [9.17, 15) is 4.79 Å². The Morgan fingerprint density at radius 1 is 1.25 bits per heavy atom. The number of thiazole rings is 1. The molecule has 1 aliphatic heterocycles. The average Bonchev–Trinajstić information content (AvgIpc) is 3.41. The molecular formula is C24H26N6OS. The zero-order chi connectivity index (χ0) is 22.1. The lowest BCUT2D eigenvalue weighted by Crippen LogP contribution is -2.40. The van der Waals surface area contributed by atoms with Crippen molar-refractivity contribution in [2.75, 3.05) is 18.4 Å². The summed E-state index contributed by atoms with van der Waals surface area (Å²) in [6.45, 7) is 5.47. The molecule has 1 amide bonds. The summed E-state index contributed by atoms with van der Waals surface area (Å²) in [5.41, 5.74) is 5.76. The van der Waals surface area contributed by atoms with E-state index in [1.807, 2.05) is 59.0 Å². The molecule has 1 aliphatic rings. The average molecular weight is 447 g/mol. The van der Waals surface area contributed by atoms with Gasteiger partial charge < -0.3 is 14.6 Å². The minimum absolute atomic E-state index is 0.150. The molecule has 0 bridgehead atoms. The third kappa shape index (κ3) is 4.23. The van der Waals surface area contributed by atoms with E-state index in [1.54, 1.807) is 17.5 Å². The van der Waals surface area contributed by atoms with Crippen LogP contribution in [0.3, 0.4) is 0 Å². The smallest absolute Gasteiger partial charge is 0.228 e. The first-order chi connectivity index (χ1) is 15.6. The number of amides is 1. The highest BCUT2D eigenvalue weighted by molar-refractivity contribution is 7.13. The number of anilines is 2. The van der Waals surface area contributed by atoms with E-state index in [0.29, 0.717) is 13.0 Å². The zero-order valence-electron chi connectivity index (χ0n) is 18.3. The van der Waals surface area contributed by atoms with Gasteiger partial charge in [-0.25, -0.2) is 9.97 Å². The Bertz CT molecular complexity index is 1250. The fraction of sp³-hybridized carbons (Fsp3) is 0.333. The van der Waals surface area contributed by atoms with Crippen LogP contribution in [-0.2, 0) is 11.2 Å². The summed E-state index contributed by atoms with van der Waals surface area (Å²) in [4.78, 5) is 28.9. The Morgan fingerprint density at radius 2 is 2.16 bits per heavy atom. The highest BCUT2D eigenvalue weighted by atomic mass is 32.1. The molecule has 0 unspecified atom stereocenters. The van der Waals surface area contributed by atoms with Gasteiger partial charge >= 0.3 is 0 Å². The molecule has 0 saturated carbocycles. The van der Waals surface area contributed by atoms with Gasteiger partial charge in [-0.2, -0.15) is 0 Å². The highest BCUT2D eigenvalue weighted by Crippen LogP contribution is 2.29. The number of piperidine rings is 1. The summed E-state index contributed by atoms with van der Waals surface area (Å²) in [7, 11) is 0. The number of aryl methyl sites for hydroxylation is 2. The summed E-state index contributed by atoms with van der Waals surface area (Å²) in [5.74, 6) is 0.380. The number of likely N-dealkylation sites (tertiary alicyclic amines) is 1. The molecule has 0 aromatic carbocycles. The third-order valence-corrected chi connectivity index (χ3v) is 6.69. The SMILES string of the molecule is Cc1cc(Nc2nccs2)cc([C@H]2CCCN(C(=O)Cc3c(C)nc4ccccn34)C2)n1. The molecule has 0 spiro atoms. The van der Waals surface area contributed by atoms with Crippen molar-refractivity contribution in [3.8, 4) is 0 Å². The van der Waals surface area contributed by atoms with Crippen LogP contribution in [0.2, 0.25) is 0 Å². The number of nitrogens with one attached hydrogen (secondary N) is 1. The summed E-state index contributed by atoms with van der Waals surface area (Å²) in [6.07, 6.45) is 6.14. The van der Waals surface area contributed by atoms with E-state index < -0.39 is 0 Å². The first-order valence-corrected chi connectivity index (χ1v) is 11.8. The summed E-state index contributed by atoms with van der Waals surface area (Å²) in [5, 5.41) is 6.19. The lowest BCUT2D eigenvalue weighted by Gasteiger charge is -2.33. The van der Waals surface area contributed by atoms with Crippen LogP contribution in [0, 0.1) is 13.8 Å². The van der Waals surface area contributed by atoms with Crippen LogP contribution in [-0.4, -0.2) is 43.2 Å². The van der Waals surface area contributed by atoms with Crippen LogP contribution in [0.4, 0.5) is 10.8 Å². The van der Waals surface area contributed by atoms with E-state index in [0.717, 1.165) is 58.6 Å². The number of carbonyl (C=O) groups is 1. The van der Waals surface area contributed by atoms with Crippen molar-refractivity contribution < 1.29 is 4.79 Å². The van der Waals surface area contributed by atoms with Crippen molar-refractivity contribution >= 4 is 33.7 Å². The van der Waals surface area contributed by atoms with E-state index >= 15 is 0 Å². The van der Waals surface area contributed by atoms with Crippen LogP contribution in [0.1, 0.15) is 41.5 Å². The molecule has 5 heterocycles. The molecule has 0 aliphatic carbocycles. The predicted molar refractivity (Wildman–Crippen MR) is 127 cm³/mol. The maximum Gasteiger partial charge on any atom is 0.228 e. The number of hydrogen-bond acceptors (Lipinski definition) is 6. The molecule has 0 radical (unpaired) electrons. The van der Waals surface area contributed by atoms with Gasteiger partial charge in [0.05, 0.1) is 17.8 Å². The van der Waals surface area contributed by atoms with Crippen LogP contribution in [0.5, 0.6) is 0 Å². The van der Waals surface area contributed by atoms with Gasteiger partial charge in [0.15, 0.2) is 5.13 Å². The monoisotopic (exact) mass is 446 g/mol. The van der Waals surface area contributed by atoms with Gasteiger partial charge in [0.25, 0.3) is 0 Å². The first-order valence-electron chi connectivity index (χ1n) is 10.9. The summed E-state index contributed by atoms with van der Waals surface area (Å²) >= 11 is 1.57. The number of imidazole rings is 1. The maximum atomic E-state index is 13.2. The molecule has 1 fully saturated rings. The van der Waals surface area contributed by atoms with E-state index in [4.69, 9.17) is 4.98 Å². The number of nitrogens with zero attached hydrogens (tertiary/aromatic N) is 5. The molecule has 1 atom stereocenters. The third-order valence-electron chi connectivity index (χ3n) is 6.00. The van der Waals surface area contributed by atoms with Gasteiger partial charge in [0, 0.05) is 53.9 Å². The Morgan fingerprint density at radius 3 is 3.00 bits per heavy atom. The fourth-order valence-corrected chi connectivity index (χ4v) is 5.01. The largest absolute Gasteiger partial charge is 0.342 e. The molecule has 32 heavy (non-hydrogen) atoms. The maximum absolute atomic E-state index is 13.2. The van der Waals surface area contributed by atoms with Gasteiger partial charge in [-0.1, -0.05) is 6.07 Å². The number of fused-ring (bicyclic) bond motifs is 1. The van der Waals surface area contributed by atoms with E-state index in [2.05, 4.69) is 21.4 Å². The molecule has 164 valence electrons. The topological polar surface area (TPSA) is 75.4 Å². The number of hydrogen-bond donors (Lipinski definition) is 1. The highest BCUT2D eigenvalue weighted by Gasteiger charge is 2.27. The van der Waals surface area contributed by atoms with Crippen LogP contribution < -0.4 is 5.32 Å². The predicted octanol–water partition coefficient (Wildman–Crippen LogP) is 4.49.